The number of hydrogen-bond donors (Lipinski definition) is 0. The molecule has 2 aliphatic carbocycles. The zero-order valence-electron chi connectivity index (χ0n) is 8.44. The molecule has 1 heteroatoms. The first-order chi connectivity index (χ1) is 6.33. The Balaban J connectivity index is 2.30. The molecule has 0 aromatic rings. The normalized spacial score (nSPS) is 29.0. The van der Waals surface area contributed by atoms with Gasteiger partial charge in [-0.05, 0) is 43.6 Å². The Morgan fingerprint density at radius 3 is 2.85 bits per heavy atom. The van der Waals surface area contributed by atoms with Gasteiger partial charge in [0, 0.05) is 6.42 Å². The lowest BCUT2D eigenvalue weighted by Crippen LogP contribution is -2.22. The van der Waals surface area contributed by atoms with E-state index in [4.69, 9.17) is 0 Å². The zero-order chi connectivity index (χ0) is 9.26. The predicted molar refractivity (Wildman–Crippen MR) is 53.5 cm³/mol. The first-order valence-electron chi connectivity index (χ1n) is 5.58. The molecule has 0 radical (unpaired) electrons. The lowest BCUT2D eigenvalue weighted by Gasteiger charge is -2.31. The molecule has 0 heterocycles. The number of fused-ring (bicyclic) bond motifs is 1. The van der Waals surface area contributed by atoms with Crippen molar-refractivity contribution in [1.29, 1.82) is 0 Å². The number of ketones is 1. The molecule has 1 unspecified atom stereocenters. The van der Waals surface area contributed by atoms with Gasteiger partial charge in [-0.3, -0.25) is 4.79 Å². The molecule has 0 aromatic heterocycles. The average molecular weight is 178 g/mol. The SMILES string of the molecule is CCC1=C2CCCCC2CCC1=O. The molecule has 0 N–H and O–H groups in total. The van der Waals surface area contributed by atoms with Gasteiger partial charge in [0.1, 0.15) is 0 Å². The molecule has 0 aromatic carbocycles. The van der Waals surface area contributed by atoms with Crippen LogP contribution in [0.2, 0.25) is 0 Å². The Kier molecular flexibility index (Phi) is 2.52. The van der Waals surface area contributed by atoms with Gasteiger partial charge in [0.05, 0.1) is 0 Å². The summed E-state index contributed by atoms with van der Waals surface area (Å²) in [7, 11) is 0. The maximum Gasteiger partial charge on any atom is 0.158 e. The molecule has 0 saturated heterocycles. The molecule has 1 atom stereocenters. The molecule has 72 valence electrons. The molecule has 0 amide bonds. The van der Waals surface area contributed by atoms with Crippen LogP contribution in [0.3, 0.4) is 0 Å². The summed E-state index contributed by atoms with van der Waals surface area (Å²) in [5.41, 5.74) is 2.72. The quantitative estimate of drug-likeness (QED) is 0.602. The summed E-state index contributed by atoms with van der Waals surface area (Å²) < 4.78 is 0. The highest BCUT2D eigenvalue weighted by molar-refractivity contribution is 5.97. The Morgan fingerprint density at radius 2 is 2.08 bits per heavy atom. The molecule has 13 heavy (non-hydrogen) atoms. The van der Waals surface area contributed by atoms with Crippen molar-refractivity contribution in [3.05, 3.63) is 11.1 Å². The van der Waals surface area contributed by atoms with Gasteiger partial charge in [-0.15, -0.1) is 0 Å². The molecule has 1 nitrogen and oxygen atoms in total. The number of allylic oxidation sites excluding steroid dienone is 2. The minimum atomic E-state index is 0.440. The summed E-state index contributed by atoms with van der Waals surface area (Å²) in [4.78, 5) is 11.6. The fourth-order valence-corrected chi connectivity index (χ4v) is 2.86. The predicted octanol–water partition coefficient (Wildman–Crippen LogP) is 3.25. The molecule has 0 spiro atoms. The summed E-state index contributed by atoms with van der Waals surface area (Å²) in [5, 5.41) is 0. The summed E-state index contributed by atoms with van der Waals surface area (Å²) in [5.74, 6) is 1.22. The lowest BCUT2D eigenvalue weighted by molar-refractivity contribution is -0.116. The van der Waals surface area contributed by atoms with Gasteiger partial charge in [0.2, 0.25) is 0 Å². The summed E-state index contributed by atoms with van der Waals surface area (Å²) in [6, 6.07) is 0. The molecular formula is C12H18O. The second-order valence-corrected chi connectivity index (χ2v) is 4.26. The zero-order valence-corrected chi connectivity index (χ0v) is 8.44. The van der Waals surface area contributed by atoms with Gasteiger partial charge in [0.25, 0.3) is 0 Å². The molecular weight excluding hydrogens is 160 g/mol. The highest BCUT2D eigenvalue weighted by atomic mass is 16.1. The van der Waals surface area contributed by atoms with E-state index in [1.807, 2.05) is 0 Å². The summed E-state index contributed by atoms with van der Waals surface area (Å²) >= 11 is 0. The van der Waals surface area contributed by atoms with Crippen LogP contribution in [0.4, 0.5) is 0 Å². The van der Waals surface area contributed by atoms with E-state index in [2.05, 4.69) is 6.92 Å². The van der Waals surface area contributed by atoms with Crippen molar-refractivity contribution >= 4 is 5.78 Å². The van der Waals surface area contributed by atoms with Crippen molar-refractivity contribution in [2.24, 2.45) is 5.92 Å². The van der Waals surface area contributed by atoms with Crippen LogP contribution in [0, 0.1) is 5.92 Å². The van der Waals surface area contributed by atoms with E-state index >= 15 is 0 Å². The van der Waals surface area contributed by atoms with Gasteiger partial charge in [-0.1, -0.05) is 18.9 Å². The monoisotopic (exact) mass is 178 g/mol. The lowest BCUT2D eigenvalue weighted by atomic mass is 9.73. The topological polar surface area (TPSA) is 17.1 Å². The van der Waals surface area contributed by atoms with E-state index in [0.29, 0.717) is 5.78 Å². The van der Waals surface area contributed by atoms with Gasteiger partial charge in [-0.25, -0.2) is 0 Å². The van der Waals surface area contributed by atoms with Crippen LogP contribution in [0.15, 0.2) is 11.1 Å². The first kappa shape index (κ1) is 8.98. The highest BCUT2D eigenvalue weighted by Crippen LogP contribution is 2.39. The third-order valence-electron chi connectivity index (χ3n) is 3.54. The van der Waals surface area contributed by atoms with E-state index in [-0.39, 0.29) is 0 Å². The van der Waals surface area contributed by atoms with Crippen LogP contribution >= 0.6 is 0 Å². The number of carbonyl (C=O) groups is 1. The van der Waals surface area contributed by atoms with Gasteiger partial charge in [-0.2, -0.15) is 0 Å². The van der Waals surface area contributed by atoms with Crippen LogP contribution in [0.1, 0.15) is 51.9 Å². The van der Waals surface area contributed by atoms with Gasteiger partial charge >= 0.3 is 0 Å². The standard InChI is InChI=1S/C12H18O/c1-2-10-11-6-4-3-5-9(11)7-8-12(10)13/h9H,2-8H2,1H3. The largest absolute Gasteiger partial charge is 0.295 e. The molecule has 2 rings (SSSR count). The van der Waals surface area contributed by atoms with Crippen molar-refractivity contribution in [2.75, 3.05) is 0 Å². The van der Waals surface area contributed by atoms with Crippen LogP contribution in [0.5, 0.6) is 0 Å². The minimum absolute atomic E-state index is 0.440. The van der Waals surface area contributed by atoms with Crippen molar-refractivity contribution in [3.63, 3.8) is 0 Å². The molecule has 0 bridgehead atoms. The average Bonchev–Trinajstić information content (AvgIpc) is 2.18. The second kappa shape index (κ2) is 3.65. The summed E-state index contributed by atoms with van der Waals surface area (Å²) in [6.07, 6.45) is 8.15. The Hall–Kier alpha value is -0.590. The van der Waals surface area contributed by atoms with Crippen molar-refractivity contribution in [3.8, 4) is 0 Å². The molecule has 1 fully saturated rings. The van der Waals surface area contributed by atoms with Crippen LogP contribution < -0.4 is 0 Å². The fourth-order valence-electron chi connectivity index (χ4n) is 2.86. The Bertz CT molecular complexity index is 250. The Labute approximate surface area is 80.2 Å². The number of hydrogen-bond acceptors (Lipinski definition) is 1. The summed E-state index contributed by atoms with van der Waals surface area (Å²) in [6.45, 7) is 2.12. The minimum Gasteiger partial charge on any atom is -0.295 e. The second-order valence-electron chi connectivity index (χ2n) is 4.26. The van der Waals surface area contributed by atoms with Crippen molar-refractivity contribution in [2.45, 2.75) is 51.9 Å². The van der Waals surface area contributed by atoms with E-state index in [9.17, 15) is 4.79 Å². The molecule has 1 saturated carbocycles. The van der Waals surface area contributed by atoms with Crippen LogP contribution in [-0.2, 0) is 4.79 Å². The molecule has 0 aliphatic heterocycles. The number of carbonyl (C=O) groups excluding carboxylic acids is 1. The Morgan fingerprint density at radius 1 is 1.23 bits per heavy atom. The third kappa shape index (κ3) is 1.56. The van der Waals surface area contributed by atoms with E-state index < -0.39 is 0 Å². The van der Waals surface area contributed by atoms with E-state index in [1.165, 1.54) is 36.8 Å². The highest BCUT2D eigenvalue weighted by Gasteiger charge is 2.28. The van der Waals surface area contributed by atoms with Crippen molar-refractivity contribution < 1.29 is 4.79 Å². The van der Waals surface area contributed by atoms with E-state index in [1.54, 1.807) is 0 Å². The van der Waals surface area contributed by atoms with Gasteiger partial charge in [0.15, 0.2) is 5.78 Å². The van der Waals surface area contributed by atoms with E-state index in [0.717, 1.165) is 25.2 Å². The third-order valence-corrected chi connectivity index (χ3v) is 3.54. The smallest absolute Gasteiger partial charge is 0.158 e. The maximum absolute atomic E-state index is 11.6. The number of Topliss-reactive ketones (excluding diaryl/α,β-unsaturated/α-hetero) is 1. The number of rotatable bonds is 1. The fraction of sp³-hybridized carbons (Fsp3) is 0.750. The molecule has 2 aliphatic rings. The van der Waals surface area contributed by atoms with Gasteiger partial charge < -0.3 is 0 Å². The van der Waals surface area contributed by atoms with Crippen molar-refractivity contribution in [1.82, 2.24) is 0 Å². The van der Waals surface area contributed by atoms with Crippen LogP contribution in [-0.4, -0.2) is 5.78 Å². The first-order valence-corrected chi connectivity index (χ1v) is 5.58. The maximum atomic E-state index is 11.6. The van der Waals surface area contributed by atoms with Crippen LogP contribution in [0.25, 0.3) is 0 Å².